The molecule has 2 heterocycles. The summed E-state index contributed by atoms with van der Waals surface area (Å²) in [5.41, 5.74) is 4.02. The Morgan fingerprint density at radius 1 is 1.00 bits per heavy atom. The topological polar surface area (TPSA) is 55.6 Å². The summed E-state index contributed by atoms with van der Waals surface area (Å²) in [5.74, 6) is -0.239. The van der Waals surface area contributed by atoms with Gasteiger partial charge in [0.1, 0.15) is 18.5 Å². The number of halogens is 1. The molecule has 26 heavy (non-hydrogen) atoms. The molecule has 130 valence electrons. The minimum atomic E-state index is -0.239. The number of nitrogens with zero attached hydrogens (tertiary/aromatic N) is 4. The SMILES string of the molecule is Fc1cc(CNCc2cccc(Cn3cncn3)c2)c2ncccc2c1. The second-order valence-electron chi connectivity index (χ2n) is 6.16. The average Bonchev–Trinajstić information content (AvgIpc) is 3.15. The van der Waals surface area contributed by atoms with Crippen molar-refractivity contribution in [1.29, 1.82) is 0 Å². The van der Waals surface area contributed by atoms with E-state index >= 15 is 0 Å². The number of fused-ring (bicyclic) bond motifs is 1. The molecule has 0 saturated carbocycles. The molecule has 2 aromatic heterocycles. The van der Waals surface area contributed by atoms with Crippen LogP contribution in [0, 0.1) is 5.82 Å². The van der Waals surface area contributed by atoms with Crippen LogP contribution in [0.4, 0.5) is 4.39 Å². The van der Waals surface area contributed by atoms with Gasteiger partial charge in [-0.15, -0.1) is 0 Å². The van der Waals surface area contributed by atoms with Gasteiger partial charge in [-0.3, -0.25) is 4.98 Å². The van der Waals surface area contributed by atoms with Gasteiger partial charge in [0.15, 0.2) is 0 Å². The Labute approximate surface area is 150 Å². The second-order valence-corrected chi connectivity index (χ2v) is 6.16. The Hall–Kier alpha value is -3.12. The lowest BCUT2D eigenvalue weighted by molar-refractivity contribution is 0.622. The van der Waals surface area contributed by atoms with Crippen molar-refractivity contribution in [3.8, 4) is 0 Å². The first kappa shape index (κ1) is 16.4. The highest BCUT2D eigenvalue weighted by Crippen LogP contribution is 2.18. The molecular formula is C20H18FN5. The molecule has 0 spiro atoms. The highest BCUT2D eigenvalue weighted by molar-refractivity contribution is 5.81. The quantitative estimate of drug-likeness (QED) is 0.581. The molecule has 6 heteroatoms. The van der Waals surface area contributed by atoms with Crippen LogP contribution in [-0.4, -0.2) is 19.7 Å². The third kappa shape index (κ3) is 3.75. The van der Waals surface area contributed by atoms with E-state index in [1.807, 2.05) is 18.2 Å². The third-order valence-corrected chi connectivity index (χ3v) is 4.20. The molecule has 4 rings (SSSR count). The van der Waals surface area contributed by atoms with Gasteiger partial charge in [-0.05, 0) is 34.9 Å². The highest BCUT2D eigenvalue weighted by atomic mass is 19.1. The number of hydrogen-bond donors (Lipinski definition) is 1. The summed E-state index contributed by atoms with van der Waals surface area (Å²) in [4.78, 5) is 8.34. The van der Waals surface area contributed by atoms with Gasteiger partial charge < -0.3 is 5.32 Å². The van der Waals surface area contributed by atoms with E-state index in [9.17, 15) is 4.39 Å². The maximum atomic E-state index is 13.8. The molecule has 0 atom stereocenters. The largest absolute Gasteiger partial charge is 0.309 e. The van der Waals surface area contributed by atoms with Crippen LogP contribution in [0.5, 0.6) is 0 Å². The van der Waals surface area contributed by atoms with Crippen molar-refractivity contribution in [3.05, 3.63) is 89.9 Å². The zero-order valence-corrected chi connectivity index (χ0v) is 14.1. The Kier molecular flexibility index (Phi) is 4.66. The van der Waals surface area contributed by atoms with Crippen LogP contribution < -0.4 is 5.32 Å². The van der Waals surface area contributed by atoms with Crippen LogP contribution in [0.1, 0.15) is 16.7 Å². The van der Waals surface area contributed by atoms with E-state index in [4.69, 9.17) is 0 Å². The molecule has 0 radical (unpaired) electrons. The molecular weight excluding hydrogens is 329 g/mol. The van der Waals surface area contributed by atoms with Crippen LogP contribution in [0.2, 0.25) is 0 Å². The number of nitrogens with one attached hydrogen (secondary N) is 1. The molecule has 0 bridgehead atoms. The second kappa shape index (κ2) is 7.41. The Balaban J connectivity index is 1.44. The van der Waals surface area contributed by atoms with Crippen LogP contribution in [0.3, 0.4) is 0 Å². The number of hydrogen-bond acceptors (Lipinski definition) is 4. The van der Waals surface area contributed by atoms with Crippen molar-refractivity contribution in [3.63, 3.8) is 0 Å². The average molecular weight is 347 g/mol. The van der Waals surface area contributed by atoms with E-state index in [0.717, 1.165) is 27.6 Å². The smallest absolute Gasteiger partial charge is 0.137 e. The minimum Gasteiger partial charge on any atom is -0.309 e. The number of aromatic nitrogens is 4. The molecule has 2 aromatic carbocycles. The predicted octanol–water partition coefficient (Wildman–Crippen LogP) is 3.30. The first-order valence-electron chi connectivity index (χ1n) is 8.42. The summed E-state index contributed by atoms with van der Waals surface area (Å²) in [6, 6.07) is 15.1. The first-order chi connectivity index (χ1) is 12.8. The fourth-order valence-corrected chi connectivity index (χ4v) is 3.04. The van der Waals surface area contributed by atoms with Crippen molar-refractivity contribution in [2.24, 2.45) is 0 Å². The summed E-state index contributed by atoms with van der Waals surface area (Å²) < 4.78 is 15.6. The zero-order chi connectivity index (χ0) is 17.8. The maximum Gasteiger partial charge on any atom is 0.137 e. The monoisotopic (exact) mass is 347 g/mol. The number of benzene rings is 2. The van der Waals surface area contributed by atoms with Gasteiger partial charge in [0.2, 0.25) is 0 Å². The summed E-state index contributed by atoms with van der Waals surface area (Å²) in [6.07, 6.45) is 4.97. The fraction of sp³-hybridized carbons (Fsp3) is 0.150. The van der Waals surface area contributed by atoms with Gasteiger partial charge in [-0.25, -0.2) is 14.1 Å². The number of pyridine rings is 1. The molecule has 1 N–H and O–H groups in total. The normalized spacial score (nSPS) is 11.1. The van der Waals surface area contributed by atoms with Gasteiger partial charge >= 0.3 is 0 Å². The summed E-state index contributed by atoms with van der Waals surface area (Å²) >= 11 is 0. The molecule has 0 unspecified atom stereocenters. The van der Waals surface area contributed by atoms with Crippen molar-refractivity contribution in [2.45, 2.75) is 19.6 Å². The molecule has 0 aliphatic rings. The summed E-state index contributed by atoms with van der Waals surface area (Å²) in [6.45, 7) is 1.93. The van der Waals surface area contributed by atoms with E-state index in [0.29, 0.717) is 19.6 Å². The zero-order valence-electron chi connectivity index (χ0n) is 14.1. The molecule has 0 aliphatic carbocycles. The van der Waals surface area contributed by atoms with E-state index in [-0.39, 0.29) is 5.82 Å². The van der Waals surface area contributed by atoms with Crippen LogP contribution >= 0.6 is 0 Å². The van der Waals surface area contributed by atoms with Crippen molar-refractivity contribution in [1.82, 2.24) is 25.1 Å². The van der Waals surface area contributed by atoms with Crippen LogP contribution in [0.25, 0.3) is 10.9 Å². The van der Waals surface area contributed by atoms with Crippen molar-refractivity contribution >= 4 is 10.9 Å². The van der Waals surface area contributed by atoms with Gasteiger partial charge in [0.05, 0.1) is 12.1 Å². The van der Waals surface area contributed by atoms with Gasteiger partial charge in [-0.2, -0.15) is 5.10 Å². The molecule has 0 aliphatic heterocycles. The molecule has 0 fully saturated rings. The van der Waals surface area contributed by atoms with E-state index in [1.165, 1.54) is 12.4 Å². The van der Waals surface area contributed by atoms with Crippen molar-refractivity contribution < 1.29 is 4.39 Å². The minimum absolute atomic E-state index is 0.239. The van der Waals surface area contributed by atoms with E-state index in [2.05, 4.69) is 38.6 Å². The molecule has 5 nitrogen and oxygen atoms in total. The highest BCUT2D eigenvalue weighted by Gasteiger charge is 2.05. The summed E-state index contributed by atoms with van der Waals surface area (Å²) in [5, 5.41) is 8.33. The van der Waals surface area contributed by atoms with Crippen LogP contribution in [-0.2, 0) is 19.6 Å². The van der Waals surface area contributed by atoms with Crippen LogP contribution in [0.15, 0.2) is 67.4 Å². The standard InChI is InChI=1S/C20H18FN5/c21-19-8-17-5-2-6-24-20(17)18(9-19)11-22-10-15-3-1-4-16(7-15)12-26-14-23-13-25-26/h1-9,13-14,22H,10-12H2. The Morgan fingerprint density at radius 3 is 2.81 bits per heavy atom. The van der Waals surface area contributed by atoms with Gasteiger partial charge in [-0.1, -0.05) is 30.3 Å². The lowest BCUT2D eigenvalue weighted by Gasteiger charge is -2.09. The molecule has 0 amide bonds. The van der Waals surface area contributed by atoms with E-state index in [1.54, 1.807) is 23.3 Å². The van der Waals surface area contributed by atoms with Crippen molar-refractivity contribution in [2.75, 3.05) is 0 Å². The lowest BCUT2D eigenvalue weighted by atomic mass is 10.1. The Morgan fingerprint density at radius 2 is 1.92 bits per heavy atom. The Bertz CT molecular complexity index is 1010. The summed E-state index contributed by atoms with van der Waals surface area (Å²) in [7, 11) is 0. The number of rotatable bonds is 6. The van der Waals surface area contributed by atoms with E-state index < -0.39 is 0 Å². The third-order valence-electron chi connectivity index (χ3n) is 4.20. The maximum absolute atomic E-state index is 13.8. The van der Waals surface area contributed by atoms with Gasteiger partial charge in [0, 0.05) is 24.7 Å². The first-order valence-corrected chi connectivity index (χ1v) is 8.42. The predicted molar refractivity (Wildman–Crippen MR) is 97.8 cm³/mol. The lowest BCUT2D eigenvalue weighted by Crippen LogP contribution is -2.13. The fourth-order valence-electron chi connectivity index (χ4n) is 3.04. The molecule has 4 aromatic rings. The molecule has 0 saturated heterocycles. The van der Waals surface area contributed by atoms with Gasteiger partial charge in [0.25, 0.3) is 0 Å².